The predicted octanol–water partition coefficient (Wildman–Crippen LogP) is 3.57. The molecule has 12 nitrogen and oxygen atoms in total. The first-order valence-corrected chi connectivity index (χ1v) is 14.4. The number of nitrogens with zero attached hydrogens (tertiary/aromatic N) is 2. The van der Waals surface area contributed by atoms with Gasteiger partial charge < -0.3 is 29.2 Å². The van der Waals surface area contributed by atoms with Crippen LogP contribution in [0, 0.1) is 5.92 Å². The molecule has 1 fully saturated rings. The van der Waals surface area contributed by atoms with Crippen LogP contribution in [0.15, 0.2) is 78.1 Å². The predicted molar refractivity (Wildman–Crippen MR) is 164 cm³/mol. The summed E-state index contributed by atoms with van der Waals surface area (Å²) in [6, 6.07) is 19.3. The first-order chi connectivity index (χ1) is 21.2. The fraction of sp³-hybridized carbons (Fsp3) is 0.375. The second-order valence-electron chi connectivity index (χ2n) is 11.0. The third kappa shape index (κ3) is 6.67. The second-order valence-corrected chi connectivity index (χ2v) is 11.0. The van der Waals surface area contributed by atoms with Crippen molar-refractivity contribution in [3.8, 4) is 0 Å². The van der Waals surface area contributed by atoms with Crippen LogP contribution in [0.25, 0.3) is 0 Å². The van der Waals surface area contributed by atoms with Gasteiger partial charge in [0.05, 0.1) is 26.5 Å². The lowest BCUT2D eigenvalue weighted by Gasteiger charge is -2.32. The normalized spacial score (nSPS) is 22.4. The molecular weight excluding hydrogens is 566 g/mol. The number of ether oxygens (including phenoxy) is 4. The Hall–Kier alpha value is -4.52. The lowest BCUT2D eigenvalue weighted by atomic mass is 9.95. The summed E-state index contributed by atoms with van der Waals surface area (Å²) in [6.45, 7) is 9.48. The number of H-pyrrole nitrogens is 1. The third-order valence-electron chi connectivity index (χ3n) is 7.43. The molecule has 0 spiro atoms. The van der Waals surface area contributed by atoms with E-state index < -0.39 is 35.6 Å². The topological polar surface area (TPSA) is 144 Å². The number of nitrogens with one attached hydrogen (secondary N) is 3. The van der Waals surface area contributed by atoms with Crippen LogP contribution in [0.5, 0.6) is 0 Å². The molecule has 5 rings (SSSR count). The van der Waals surface area contributed by atoms with Crippen molar-refractivity contribution in [1.82, 2.24) is 9.97 Å². The summed E-state index contributed by atoms with van der Waals surface area (Å²) in [6.07, 6.45) is -1.18. The SMILES string of the molecule is C=C[C@]1(COCc2ccccc2)O[C@@H](N2CNc3c2nc(NC(=O)C(C)C)[nH]c3=O)[C@H](OC(C)=O)[C@@H]1OCc1ccccc1. The number of rotatable bonds is 12. The number of benzene rings is 2. The van der Waals surface area contributed by atoms with Gasteiger partial charge in [-0.2, -0.15) is 4.98 Å². The first-order valence-electron chi connectivity index (χ1n) is 14.4. The smallest absolute Gasteiger partial charge is 0.303 e. The van der Waals surface area contributed by atoms with Gasteiger partial charge in [-0.3, -0.25) is 24.7 Å². The number of aromatic amines is 1. The van der Waals surface area contributed by atoms with E-state index in [1.807, 2.05) is 60.7 Å². The quantitative estimate of drug-likeness (QED) is 0.208. The lowest BCUT2D eigenvalue weighted by Crippen LogP contribution is -2.49. The summed E-state index contributed by atoms with van der Waals surface area (Å²) >= 11 is 0. The molecule has 3 N–H and O–H groups in total. The third-order valence-corrected chi connectivity index (χ3v) is 7.43. The highest BCUT2D eigenvalue weighted by atomic mass is 16.6. The molecule has 1 amide bonds. The second kappa shape index (κ2) is 13.4. The standard InChI is InChI=1S/C32H37N5O7/c1-5-32(18-41-16-22-12-8-6-9-13-22)26(42-17-23-14-10-7-11-15-23)25(43-21(4)38)30(44-32)37-19-33-24-27(37)34-31(36-29(24)40)35-28(39)20(2)3/h5-15,20,25-26,30,33H,1,16-19H2,2-4H3,(H2,34,35,36,39,40)/t25-,26+,30-,32-/m1/s1. The zero-order valence-corrected chi connectivity index (χ0v) is 24.9. The van der Waals surface area contributed by atoms with Crippen LogP contribution in [0.3, 0.4) is 0 Å². The maximum Gasteiger partial charge on any atom is 0.303 e. The Bertz CT molecular complexity index is 1530. The van der Waals surface area contributed by atoms with Gasteiger partial charge in [-0.1, -0.05) is 80.6 Å². The molecule has 44 heavy (non-hydrogen) atoms. The molecule has 3 aromatic rings. The maximum atomic E-state index is 13.0. The summed E-state index contributed by atoms with van der Waals surface area (Å²) in [7, 11) is 0. The minimum atomic E-state index is -1.26. The number of carbonyl (C=O) groups is 2. The Morgan fingerprint density at radius 3 is 2.41 bits per heavy atom. The fourth-order valence-electron chi connectivity index (χ4n) is 5.18. The molecule has 1 saturated heterocycles. The minimum Gasteiger partial charge on any atom is -0.455 e. The van der Waals surface area contributed by atoms with Crippen molar-refractivity contribution in [1.29, 1.82) is 0 Å². The van der Waals surface area contributed by atoms with Gasteiger partial charge in [0.15, 0.2) is 18.1 Å². The Kier molecular flexibility index (Phi) is 9.43. The summed E-state index contributed by atoms with van der Waals surface area (Å²) in [5, 5.41) is 5.68. The summed E-state index contributed by atoms with van der Waals surface area (Å²) < 4.78 is 25.2. The highest BCUT2D eigenvalue weighted by molar-refractivity contribution is 5.90. The molecular formula is C32H37N5O7. The average Bonchev–Trinajstić information content (AvgIpc) is 3.56. The van der Waals surface area contributed by atoms with Crippen molar-refractivity contribution < 1.29 is 28.5 Å². The van der Waals surface area contributed by atoms with Gasteiger partial charge in [-0.15, -0.1) is 6.58 Å². The molecule has 232 valence electrons. The van der Waals surface area contributed by atoms with E-state index in [-0.39, 0.29) is 49.2 Å². The van der Waals surface area contributed by atoms with Gasteiger partial charge in [0.2, 0.25) is 11.9 Å². The van der Waals surface area contributed by atoms with Crippen LogP contribution in [0.2, 0.25) is 0 Å². The Morgan fingerprint density at radius 1 is 1.14 bits per heavy atom. The molecule has 0 bridgehead atoms. The number of hydrogen-bond acceptors (Lipinski definition) is 10. The molecule has 2 aromatic carbocycles. The van der Waals surface area contributed by atoms with E-state index in [0.717, 1.165) is 11.1 Å². The van der Waals surface area contributed by atoms with Gasteiger partial charge in [0.25, 0.3) is 5.56 Å². The number of hydrogen-bond donors (Lipinski definition) is 3. The first kappa shape index (κ1) is 30.9. The summed E-state index contributed by atoms with van der Waals surface area (Å²) in [5.41, 5.74) is 0.337. The number of fused-ring (bicyclic) bond motifs is 1. The Labute approximate surface area is 255 Å². The van der Waals surface area contributed by atoms with E-state index in [4.69, 9.17) is 18.9 Å². The molecule has 0 saturated carbocycles. The minimum absolute atomic E-state index is 0.0127. The van der Waals surface area contributed by atoms with Gasteiger partial charge in [-0.05, 0) is 11.1 Å². The number of esters is 1. The highest BCUT2D eigenvalue weighted by Crippen LogP contribution is 2.42. The molecule has 3 heterocycles. The highest BCUT2D eigenvalue weighted by Gasteiger charge is 2.59. The fourth-order valence-corrected chi connectivity index (χ4v) is 5.18. The lowest BCUT2D eigenvalue weighted by molar-refractivity contribution is -0.156. The van der Waals surface area contributed by atoms with Crippen molar-refractivity contribution >= 4 is 29.3 Å². The number of amides is 1. The molecule has 2 aliphatic rings. The molecule has 0 unspecified atom stereocenters. The van der Waals surface area contributed by atoms with Crippen molar-refractivity contribution in [2.24, 2.45) is 5.92 Å². The molecule has 0 radical (unpaired) electrons. The largest absolute Gasteiger partial charge is 0.455 e. The van der Waals surface area contributed by atoms with Crippen molar-refractivity contribution in [2.45, 2.75) is 58.0 Å². The number of anilines is 3. The van der Waals surface area contributed by atoms with Crippen LogP contribution in [0.4, 0.5) is 17.5 Å². The van der Waals surface area contributed by atoms with Crippen molar-refractivity contribution in [3.63, 3.8) is 0 Å². The zero-order valence-electron chi connectivity index (χ0n) is 24.9. The monoisotopic (exact) mass is 603 g/mol. The maximum absolute atomic E-state index is 13.0. The summed E-state index contributed by atoms with van der Waals surface area (Å²) in [4.78, 5) is 46.6. The Balaban J connectivity index is 1.49. The molecule has 0 aliphatic carbocycles. The van der Waals surface area contributed by atoms with E-state index in [2.05, 4.69) is 27.2 Å². The van der Waals surface area contributed by atoms with Crippen LogP contribution < -0.4 is 21.1 Å². The van der Waals surface area contributed by atoms with Gasteiger partial charge >= 0.3 is 5.97 Å². The van der Waals surface area contributed by atoms with E-state index in [0.29, 0.717) is 6.61 Å². The zero-order chi connectivity index (χ0) is 31.3. The van der Waals surface area contributed by atoms with E-state index in [9.17, 15) is 14.4 Å². The Morgan fingerprint density at radius 2 is 1.80 bits per heavy atom. The van der Waals surface area contributed by atoms with Crippen LogP contribution in [-0.4, -0.2) is 59.2 Å². The number of carbonyl (C=O) groups excluding carboxylic acids is 2. The van der Waals surface area contributed by atoms with Crippen LogP contribution in [0.1, 0.15) is 31.9 Å². The van der Waals surface area contributed by atoms with Crippen molar-refractivity contribution in [3.05, 3.63) is 94.8 Å². The van der Waals surface area contributed by atoms with Gasteiger partial charge in [-0.25, -0.2) is 0 Å². The molecule has 1 aromatic heterocycles. The molecule has 12 heteroatoms. The van der Waals surface area contributed by atoms with E-state index in [1.165, 1.54) is 6.92 Å². The molecule has 4 atom stereocenters. The van der Waals surface area contributed by atoms with Gasteiger partial charge in [0.1, 0.15) is 17.4 Å². The number of aromatic nitrogens is 2. The average molecular weight is 604 g/mol. The van der Waals surface area contributed by atoms with E-state index >= 15 is 0 Å². The van der Waals surface area contributed by atoms with E-state index in [1.54, 1.807) is 24.8 Å². The van der Waals surface area contributed by atoms with Crippen molar-refractivity contribution in [2.75, 3.05) is 28.8 Å². The summed E-state index contributed by atoms with van der Waals surface area (Å²) in [5.74, 6) is -0.974. The molecule has 2 aliphatic heterocycles. The van der Waals surface area contributed by atoms with Crippen LogP contribution >= 0.6 is 0 Å². The van der Waals surface area contributed by atoms with Crippen LogP contribution in [-0.2, 0) is 41.8 Å². The van der Waals surface area contributed by atoms with Gasteiger partial charge in [0, 0.05) is 12.8 Å².